The van der Waals surface area contributed by atoms with E-state index in [0.29, 0.717) is 30.2 Å². The van der Waals surface area contributed by atoms with Gasteiger partial charge in [0, 0.05) is 0 Å². The average molecular weight is 447 g/mol. The number of allylic oxidation sites excluding steroid dienone is 2. The first-order valence-corrected chi connectivity index (χ1v) is 11.6. The van der Waals surface area contributed by atoms with E-state index in [4.69, 9.17) is 0 Å². The standard InChI is InChI=1S/C25H32F6/c26-14-2-1-3-17-6-10-20(11-7-17)21-12-8-18(9-13-21)4-5-19-15-22(27)24(23(28)16-19)25(29,30)31/h1,3,15-18,20-21H,2,4-14H2/t17-,18-,20-,21-. The first kappa shape index (κ1) is 24.2. The van der Waals surface area contributed by atoms with E-state index in [-0.39, 0.29) is 6.67 Å². The molecule has 1 aromatic rings. The largest absolute Gasteiger partial charge is 0.422 e. The Bertz CT molecular complexity index is 699. The van der Waals surface area contributed by atoms with Gasteiger partial charge in [0.05, 0.1) is 6.67 Å². The van der Waals surface area contributed by atoms with Crippen LogP contribution in [0.3, 0.4) is 0 Å². The van der Waals surface area contributed by atoms with Crippen LogP contribution in [-0.2, 0) is 12.6 Å². The Kier molecular flexibility index (Phi) is 8.51. The van der Waals surface area contributed by atoms with Crippen molar-refractivity contribution in [3.05, 3.63) is 47.0 Å². The highest BCUT2D eigenvalue weighted by Gasteiger charge is 2.38. The maximum Gasteiger partial charge on any atom is 0.422 e. The van der Waals surface area contributed by atoms with Crippen LogP contribution >= 0.6 is 0 Å². The van der Waals surface area contributed by atoms with Gasteiger partial charge in [-0.1, -0.05) is 25.0 Å². The highest BCUT2D eigenvalue weighted by atomic mass is 19.4. The molecule has 0 heterocycles. The fourth-order valence-electron chi connectivity index (χ4n) is 5.52. The van der Waals surface area contributed by atoms with E-state index < -0.39 is 23.4 Å². The third-order valence-corrected chi connectivity index (χ3v) is 7.29. The zero-order valence-corrected chi connectivity index (χ0v) is 17.9. The molecule has 0 unspecified atom stereocenters. The Hall–Kier alpha value is -1.46. The van der Waals surface area contributed by atoms with Crippen LogP contribution in [0.25, 0.3) is 0 Å². The van der Waals surface area contributed by atoms with Crippen molar-refractivity contribution in [3.8, 4) is 0 Å². The predicted octanol–water partition coefficient (Wildman–Crippen LogP) is 8.44. The quantitative estimate of drug-likeness (QED) is 0.291. The molecule has 0 nitrogen and oxygen atoms in total. The number of aryl methyl sites for hydroxylation is 1. The zero-order valence-electron chi connectivity index (χ0n) is 17.9. The van der Waals surface area contributed by atoms with Gasteiger partial charge in [-0.05, 0) is 99.2 Å². The van der Waals surface area contributed by atoms with Crippen molar-refractivity contribution in [1.29, 1.82) is 0 Å². The van der Waals surface area contributed by atoms with Gasteiger partial charge in [0.2, 0.25) is 0 Å². The van der Waals surface area contributed by atoms with E-state index in [1.54, 1.807) is 0 Å². The van der Waals surface area contributed by atoms with Crippen LogP contribution < -0.4 is 0 Å². The maximum atomic E-state index is 13.8. The van der Waals surface area contributed by atoms with Crippen LogP contribution in [0.2, 0.25) is 0 Å². The number of hydrogen-bond acceptors (Lipinski definition) is 0. The lowest BCUT2D eigenvalue weighted by atomic mass is 9.68. The number of halogens is 6. The molecule has 0 bridgehead atoms. The molecule has 0 saturated heterocycles. The zero-order chi connectivity index (χ0) is 22.4. The normalized spacial score (nSPS) is 27.7. The average Bonchev–Trinajstić information content (AvgIpc) is 2.72. The highest BCUT2D eigenvalue weighted by molar-refractivity contribution is 5.28. The molecule has 0 atom stereocenters. The van der Waals surface area contributed by atoms with Crippen molar-refractivity contribution < 1.29 is 26.3 Å². The summed E-state index contributed by atoms with van der Waals surface area (Å²) in [5, 5.41) is 0. The SMILES string of the molecule is FCCC=C[C@H]1CC[C@H]([C@H]2CC[C@H](CCc3cc(F)c(C(F)(F)F)c(F)c3)CC2)CC1. The summed E-state index contributed by atoms with van der Waals surface area (Å²) in [4.78, 5) is 0. The van der Waals surface area contributed by atoms with Crippen LogP contribution in [0, 0.1) is 35.3 Å². The minimum Gasteiger partial charge on any atom is -0.251 e. The summed E-state index contributed by atoms with van der Waals surface area (Å²) in [6.07, 6.45) is 10.1. The van der Waals surface area contributed by atoms with Gasteiger partial charge in [-0.3, -0.25) is 4.39 Å². The van der Waals surface area contributed by atoms with Gasteiger partial charge < -0.3 is 0 Å². The fraction of sp³-hybridized carbons (Fsp3) is 0.680. The Morgan fingerprint density at radius 3 is 1.90 bits per heavy atom. The van der Waals surface area contributed by atoms with Crippen LogP contribution in [-0.4, -0.2) is 6.67 Å². The lowest BCUT2D eigenvalue weighted by Gasteiger charge is -2.37. The van der Waals surface area contributed by atoms with Crippen molar-refractivity contribution in [3.63, 3.8) is 0 Å². The summed E-state index contributed by atoms with van der Waals surface area (Å²) >= 11 is 0. The third-order valence-electron chi connectivity index (χ3n) is 7.29. The van der Waals surface area contributed by atoms with Crippen LogP contribution in [0.4, 0.5) is 26.3 Å². The number of benzene rings is 1. The number of hydrogen-bond donors (Lipinski definition) is 0. The van der Waals surface area contributed by atoms with E-state index in [0.717, 1.165) is 56.1 Å². The predicted molar refractivity (Wildman–Crippen MR) is 110 cm³/mol. The molecule has 0 amide bonds. The molecule has 0 radical (unpaired) electrons. The Morgan fingerprint density at radius 2 is 1.39 bits per heavy atom. The molecule has 0 aromatic heterocycles. The maximum absolute atomic E-state index is 13.8. The van der Waals surface area contributed by atoms with Crippen LogP contribution in [0.15, 0.2) is 24.3 Å². The topological polar surface area (TPSA) is 0 Å². The minimum atomic E-state index is -5.02. The molecule has 6 heteroatoms. The Morgan fingerprint density at radius 1 is 0.839 bits per heavy atom. The third kappa shape index (κ3) is 6.76. The van der Waals surface area contributed by atoms with Gasteiger partial charge in [-0.25, -0.2) is 8.78 Å². The molecule has 2 aliphatic rings. The molecule has 174 valence electrons. The summed E-state index contributed by atoms with van der Waals surface area (Å²) in [6, 6.07) is 1.66. The minimum absolute atomic E-state index is 0.294. The Balaban J connectivity index is 1.42. The van der Waals surface area contributed by atoms with Gasteiger partial charge >= 0.3 is 6.18 Å². The van der Waals surface area contributed by atoms with Gasteiger partial charge in [0.1, 0.15) is 17.2 Å². The monoisotopic (exact) mass is 446 g/mol. The van der Waals surface area contributed by atoms with Crippen molar-refractivity contribution >= 4 is 0 Å². The molecule has 3 rings (SSSR count). The molecule has 0 aliphatic heterocycles. The first-order valence-electron chi connectivity index (χ1n) is 11.6. The second kappa shape index (κ2) is 10.9. The Labute approximate surface area is 181 Å². The molecule has 2 fully saturated rings. The molecule has 0 spiro atoms. The van der Waals surface area contributed by atoms with Gasteiger partial charge in [-0.2, -0.15) is 13.2 Å². The molecule has 0 N–H and O–H groups in total. The molecular weight excluding hydrogens is 414 g/mol. The molecule has 2 saturated carbocycles. The smallest absolute Gasteiger partial charge is 0.251 e. The summed E-state index contributed by atoms with van der Waals surface area (Å²) in [5.41, 5.74) is -1.51. The lowest BCUT2D eigenvalue weighted by molar-refractivity contribution is -0.142. The van der Waals surface area contributed by atoms with Crippen LogP contribution in [0.1, 0.15) is 75.3 Å². The summed E-state index contributed by atoms with van der Waals surface area (Å²) in [5.74, 6) is -0.520. The van der Waals surface area contributed by atoms with E-state index in [1.165, 1.54) is 25.7 Å². The molecule has 2 aliphatic carbocycles. The second-order valence-corrected chi connectivity index (χ2v) is 9.33. The second-order valence-electron chi connectivity index (χ2n) is 9.33. The van der Waals surface area contributed by atoms with Crippen LogP contribution in [0.5, 0.6) is 0 Å². The van der Waals surface area contributed by atoms with Crippen molar-refractivity contribution in [2.45, 2.75) is 76.8 Å². The summed E-state index contributed by atoms with van der Waals surface area (Å²) in [6.45, 7) is -0.294. The lowest BCUT2D eigenvalue weighted by Crippen LogP contribution is -2.25. The molecule has 31 heavy (non-hydrogen) atoms. The van der Waals surface area contributed by atoms with Crippen molar-refractivity contribution in [2.75, 3.05) is 6.67 Å². The highest BCUT2D eigenvalue weighted by Crippen LogP contribution is 2.42. The number of rotatable bonds is 7. The van der Waals surface area contributed by atoms with E-state index in [2.05, 4.69) is 6.08 Å². The van der Waals surface area contributed by atoms with Crippen molar-refractivity contribution in [1.82, 2.24) is 0 Å². The first-order chi connectivity index (χ1) is 14.8. The summed E-state index contributed by atoms with van der Waals surface area (Å²) < 4.78 is 77.8. The fourth-order valence-corrected chi connectivity index (χ4v) is 5.52. The van der Waals surface area contributed by atoms with E-state index in [9.17, 15) is 26.3 Å². The number of alkyl halides is 4. The molecular formula is C25H32F6. The van der Waals surface area contributed by atoms with Crippen molar-refractivity contribution in [2.24, 2.45) is 23.7 Å². The molecule has 1 aromatic carbocycles. The van der Waals surface area contributed by atoms with E-state index in [1.807, 2.05) is 6.08 Å². The van der Waals surface area contributed by atoms with Gasteiger partial charge in [-0.15, -0.1) is 0 Å². The van der Waals surface area contributed by atoms with Gasteiger partial charge in [0.25, 0.3) is 0 Å². The summed E-state index contributed by atoms with van der Waals surface area (Å²) in [7, 11) is 0. The van der Waals surface area contributed by atoms with E-state index >= 15 is 0 Å². The van der Waals surface area contributed by atoms with Gasteiger partial charge in [0.15, 0.2) is 0 Å².